The SMILES string of the molecule is ClCC1CCOC1c1ccc(Cl)cc1Cl. The summed E-state index contributed by atoms with van der Waals surface area (Å²) < 4.78 is 5.65. The van der Waals surface area contributed by atoms with Crippen molar-refractivity contribution in [3.8, 4) is 0 Å². The molecule has 0 bridgehead atoms. The zero-order valence-corrected chi connectivity index (χ0v) is 10.3. The molecule has 1 nitrogen and oxygen atoms in total. The maximum Gasteiger partial charge on any atom is 0.0879 e. The first-order chi connectivity index (χ1) is 7.22. The van der Waals surface area contributed by atoms with Crippen molar-refractivity contribution in [2.75, 3.05) is 12.5 Å². The molecule has 0 N–H and O–H groups in total. The Morgan fingerprint density at radius 1 is 1.33 bits per heavy atom. The van der Waals surface area contributed by atoms with E-state index in [2.05, 4.69) is 0 Å². The molecule has 2 rings (SSSR count). The molecule has 0 saturated carbocycles. The van der Waals surface area contributed by atoms with E-state index >= 15 is 0 Å². The van der Waals surface area contributed by atoms with Gasteiger partial charge in [-0.15, -0.1) is 11.6 Å². The summed E-state index contributed by atoms with van der Waals surface area (Å²) in [5.74, 6) is 0.953. The lowest BCUT2D eigenvalue weighted by molar-refractivity contribution is 0.0952. The quantitative estimate of drug-likeness (QED) is 0.724. The zero-order chi connectivity index (χ0) is 10.8. The minimum absolute atomic E-state index is 0.0206. The fraction of sp³-hybridized carbons (Fsp3) is 0.455. The highest BCUT2D eigenvalue weighted by atomic mass is 35.5. The fourth-order valence-corrected chi connectivity index (χ4v) is 2.70. The molecule has 1 aromatic rings. The molecular weight excluding hydrogens is 254 g/mol. The predicted octanol–water partition coefficient (Wildman–Crippen LogP) is 4.31. The lowest BCUT2D eigenvalue weighted by atomic mass is 9.97. The summed E-state index contributed by atoms with van der Waals surface area (Å²) in [5, 5.41) is 1.30. The molecule has 4 heteroatoms. The number of rotatable bonds is 2. The smallest absolute Gasteiger partial charge is 0.0879 e. The first-order valence-electron chi connectivity index (χ1n) is 4.85. The largest absolute Gasteiger partial charge is 0.373 e. The average Bonchev–Trinajstić information content (AvgIpc) is 2.65. The highest BCUT2D eigenvalue weighted by Gasteiger charge is 2.30. The minimum Gasteiger partial charge on any atom is -0.373 e. The second-order valence-electron chi connectivity index (χ2n) is 3.66. The van der Waals surface area contributed by atoms with E-state index in [1.54, 1.807) is 6.07 Å². The Hall–Kier alpha value is 0.0500. The van der Waals surface area contributed by atoms with E-state index in [4.69, 9.17) is 39.5 Å². The summed E-state index contributed by atoms with van der Waals surface area (Å²) in [5.41, 5.74) is 0.990. The van der Waals surface area contributed by atoms with Gasteiger partial charge in [0, 0.05) is 28.5 Å². The Kier molecular flexibility index (Phi) is 3.78. The molecule has 0 spiro atoms. The summed E-state index contributed by atoms with van der Waals surface area (Å²) in [7, 11) is 0. The zero-order valence-electron chi connectivity index (χ0n) is 8.05. The van der Waals surface area contributed by atoms with Crippen molar-refractivity contribution in [2.45, 2.75) is 12.5 Å². The third-order valence-electron chi connectivity index (χ3n) is 2.68. The van der Waals surface area contributed by atoms with Gasteiger partial charge in [0.2, 0.25) is 0 Å². The van der Waals surface area contributed by atoms with Crippen molar-refractivity contribution >= 4 is 34.8 Å². The molecule has 0 amide bonds. The number of benzene rings is 1. The maximum atomic E-state index is 6.12. The molecule has 0 radical (unpaired) electrons. The first kappa shape index (κ1) is 11.5. The van der Waals surface area contributed by atoms with Crippen LogP contribution < -0.4 is 0 Å². The van der Waals surface area contributed by atoms with E-state index in [0.29, 0.717) is 21.8 Å². The van der Waals surface area contributed by atoms with Gasteiger partial charge in [-0.2, -0.15) is 0 Å². The van der Waals surface area contributed by atoms with Gasteiger partial charge in [0.05, 0.1) is 6.10 Å². The van der Waals surface area contributed by atoms with Crippen LogP contribution in [-0.4, -0.2) is 12.5 Å². The van der Waals surface area contributed by atoms with E-state index in [-0.39, 0.29) is 6.10 Å². The molecule has 1 aromatic carbocycles. The third kappa shape index (κ3) is 2.42. The topological polar surface area (TPSA) is 9.23 Å². The Labute approximate surface area is 104 Å². The van der Waals surface area contributed by atoms with Gasteiger partial charge < -0.3 is 4.74 Å². The highest BCUT2D eigenvalue weighted by Crippen LogP contribution is 2.39. The van der Waals surface area contributed by atoms with Crippen LogP contribution in [0.1, 0.15) is 18.1 Å². The van der Waals surface area contributed by atoms with E-state index in [1.165, 1.54) is 0 Å². The van der Waals surface area contributed by atoms with Gasteiger partial charge in [-0.1, -0.05) is 29.3 Å². The van der Waals surface area contributed by atoms with Crippen LogP contribution in [0.15, 0.2) is 18.2 Å². The second kappa shape index (κ2) is 4.92. The first-order valence-corrected chi connectivity index (χ1v) is 6.14. The lowest BCUT2D eigenvalue weighted by Gasteiger charge is -2.17. The number of alkyl halides is 1. The molecule has 2 unspecified atom stereocenters. The van der Waals surface area contributed by atoms with Crippen LogP contribution in [-0.2, 0) is 4.74 Å². The Morgan fingerprint density at radius 2 is 2.13 bits per heavy atom. The van der Waals surface area contributed by atoms with Gasteiger partial charge in [0.25, 0.3) is 0 Å². The molecule has 1 heterocycles. The van der Waals surface area contributed by atoms with Crippen LogP contribution >= 0.6 is 34.8 Å². The molecular formula is C11H11Cl3O. The van der Waals surface area contributed by atoms with Crippen molar-refractivity contribution < 1.29 is 4.74 Å². The molecule has 1 saturated heterocycles. The summed E-state index contributed by atoms with van der Waals surface area (Å²) in [6.07, 6.45) is 1.01. The summed E-state index contributed by atoms with van der Waals surface area (Å²) >= 11 is 17.9. The molecule has 0 aliphatic carbocycles. The molecule has 0 aromatic heterocycles. The number of hydrogen-bond acceptors (Lipinski definition) is 1. The van der Waals surface area contributed by atoms with Crippen LogP contribution in [0.4, 0.5) is 0 Å². The van der Waals surface area contributed by atoms with Gasteiger partial charge in [-0.25, -0.2) is 0 Å². The monoisotopic (exact) mass is 264 g/mol. The highest BCUT2D eigenvalue weighted by molar-refractivity contribution is 6.35. The maximum absolute atomic E-state index is 6.12. The van der Waals surface area contributed by atoms with Gasteiger partial charge in [0.15, 0.2) is 0 Å². The number of hydrogen-bond donors (Lipinski definition) is 0. The van der Waals surface area contributed by atoms with Crippen LogP contribution in [0.25, 0.3) is 0 Å². The second-order valence-corrected chi connectivity index (χ2v) is 4.81. The van der Waals surface area contributed by atoms with Crippen molar-refractivity contribution in [3.63, 3.8) is 0 Å². The van der Waals surface area contributed by atoms with Crippen molar-refractivity contribution in [2.24, 2.45) is 5.92 Å². The average molecular weight is 266 g/mol. The Morgan fingerprint density at radius 3 is 2.80 bits per heavy atom. The predicted molar refractivity (Wildman–Crippen MR) is 64.0 cm³/mol. The fourth-order valence-electron chi connectivity index (χ4n) is 1.87. The molecule has 2 atom stereocenters. The number of halogens is 3. The van der Waals surface area contributed by atoms with Crippen LogP contribution in [0.2, 0.25) is 10.0 Å². The van der Waals surface area contributed by atoms with Crippen LogP contribution in [0.3, 0.4) is 0 Å². The molecule has 1 aliphatic heterocycles. The molecule has 1 aliphatic rings. The van der Waals surface area contributed by atoms with E-state index in [1.807, 2.05) is 12.1 Å². The van der Waals surface area contributed by atoms with Crippen molar-refractivity contribution in [3.05, 3.63) is 33.8 Å². The number of ether oxygens (including phenoxy) is 1. The summed E-state index contributed by atoms with van der Waals surface area (Å²) in [4.78, 5) is 0. The molecule has 15 heavy (non-hydrogen) atoms. The lowest BCUT2D eigenvalue weighted by Crippen LogP contribution is -2.09. The minimum atomic E-state index is 0.0206. The van der Waals surface area contributed by atoms with Gasteiger partial charge in [-0.05, 0) is 24.1 Å². The van der Waals surface area contributed by atoms with Crippen LogP contribution in [0.5, 0.6) is 0 Å². The third-order valence-corrected chi connectivity index (χ3v) is 3.64. The van der Waals surface area contributed by atoms with Crippen LogP contribution in [0, 0.1) is 5.92 Å². The normalized spacial score (nSPS) is 25.8. The van der Waals surface area contributed by atoms with E-state index in [9.17, 15) is 0 Å². The van der Waals surface area contributed by atoms with Gasteiger partial charge in [0.1, 0.15) is 0 Å². The summed E-state index contributed by atoms with van der Waals surface area (Å²) in [6, 6.07) is 5.49. The van der Waals surface area contributed by atoms with E-state index < -0.39 is 0 Å². The van der Waals surface area contributed by atoms with E-state index in [0.717, 1.165) is 18.6 Å². The van der Waals surface area contributed by atoms with Gasteiger partial charge in [-0.3, -0.25) is 0 Å². The van der Waals surface area contributed by atoms with Crippen molar-refractivity contribution in [1.29, 1.82) is 0 Å². The molecule has 1 fully saturated rings. The summed E-state index contributed by atoms with van der Waals surface area (Å²) in [6.45, 7) is 0.751. The molecule has 82 valence electrons. The Balaban J connectivity index is 2.28. The standard InChI is InChI=1S/C11H11Cl3O/c12-6-7-3-4-15-11(7)9-2-1-8(13)5-10(9)14/h1-2,5,7,11H,3-4,6H2. The van der Waals surface area contributed by atoms with Gasteiger partial charge >= 0.3 is 0 Å². The van der Waals surface area contributed by atoms with Crippen molar-refractivity contribution in [1.82, 2.24) is 0 Å². The Bertz CT molecular complexity index is 354.